The summed E-state index contributed by atoms with van der Waals surface area (Å²) >= 11 is 0. The van der Waals surface area contributed by atoms with E-state index in [1.807, 2.05) is 31.7 Å². The topological polar surface area (TPSA) is 70.8 Å². The van der Waals surface area contributed by atoms with Crippen molar-refractivity contribution < 1.29 is 9.59 Å². The minimum atomic E-state index is -0.382. The van der Waals surface area contributed by atoms with E-state index < -0.39 is 0 Å². The molecule has 0 bridgehead atoms. The number of piperidine rings is 1. The van der Waals surface area contributed by atoms with Gasteiger partial charge in [-0.1, -0.05) is 20.8 Å². The molecule has 1 saturated heterocycles. The van der Waals surface area contributed by atoms with Crippen molar-refractivity contribution >= 4 is 17.5 Å². The van der Waals surface area contributed by atoms with Crippen LogP contribution >= 0.6 is 0 Å². The lowest BCUT2D eigenvalue weighted by Crippen LogP contribution is -2.44. The van der Waals surface area contributed by atoms with Crippen molar-refractivity contribution in [3.05, 3.63) is 29.7 Å². The molecule has 0 N–H and O–H groups in total. The first-order valence-electron chi connectivity index (χ1n) is 9.04. The number of rotatable bonds is 2. The quantitative estimate of drug-likeness (QED) is 0.826. The number of hydrogen-bond acceptors (Lipinski definition) is 4. The normalized spacial score (nSPS) is 18.2. The first-order chi connectivity index (χ1) is 12.2. The number of carbonyl (C=O) groups excluding carboxylic acids is 2. The van der Waals surface area contributed by atoms with Crippen LogP contribution in [0, 0.1) is 5.41 Å². The highest BCUT2D eigenvalue weighted by Gasteiger charge is 2.32. The van der Waals surface area contributed by atoms with Gasteiger partial charge in [-0.25, -0.2) is 9.50 Å². The molecule has 140 valence electrons. The van der Waals surface area contributed by atoms with Gasteiger partial charge in [0.1, 0.15) is 5.56 Å². The molecule has 1 atom stereocenters. The highest BCUT2D eigenvalue weighted by molar-refractivity contribution is 5.99. The zero-order valence-corrected chi connectivity index (χ0v) is 16.2. The van der Waals surface area contributed by atoms with Crippen LogP contribution in [0.15, 0.2) is 18.5 Å². The van der Waals surface area contributed by atoms with Crippen LogP contribution in [0.5, 0.6) is 0 Å². The van der Waals surface area contributed by atoms with E-state index in [4.69, 9.17) is 0 Å². The third kappa shape index (κ3) is 3.30. The molecule has 7 heteroatoms. The second-order valence-electron chi connectivity index (χ2n) is 8.20. The summed E-state index contributed by atoms with van der Waals surface area (Å²) in [5, 5.41) is 4.42. The van der Waals surface area contributed by atoms with Gasteiger partial charge in [-0.15, -0.1) is 0 Å². The van der Waals surface area contributed by atoms with Crippen LogP contribution in [-0.2, 0) is 4.79 Å². The maximum atomic E-state index is 12.7. The van der Waals surface area contributed by atoms with Crippen molar-refractivity contribution in [2.24, 2.45) is 5.41 Å². The van der Waals surface area contributed by atoms with Crippen LogP contribution in [-0.4, -0.2) is 63.4 Å². The lowest BCUT2D eigenvalue weighted by molar-refractivity contribution is -0.140. The predicted molar refractivity (Wildman–Crippen MR) is 99.0 cm³/mol. The zero-order chi connectivity index (χ0) is 19.1. The third-order valence-corrected chi connectivity index (χ3v) is 4.84. The van der Waals surface area contributed by atoms with Gasteiger partial charge >= 0.3 is 0 Å². The number of nitrogens with zero attached hydrogens (tertiary/aromatic N) is 5. The fraction of sp³-hybridized carbons (Fsp3) is 0.579. The SMILES string of the molecule is CN(C)C(=O)c1cnn2c([C@@H]3CCCN(C(=O)C(C)(C)C)C3)ccnc12. The fourth-order valence-corrected chi connectivity index (χ4v) is 3.49. The Morgan fingerprint density at radius 3 is 2.65 bits per heavy atom. The maximum Gasteiger partial charge on any atom is 0.258 e. The van der Waals surface area contributed by atoms with Crippen molar-refractivity contribution in [1.82, 2.24) is 24.4 Å². The van der Waals surface area contributed by atoms with Crippen LogP contribution in [0.25, 0.3) is 5.65 Å². The number of amides is 2. The molecule has 26 heavy (non-hydrogen) atoms. The number of aromatic nitrogens is 3. The third-order valence-electron chi connectivity index (χ3n) is 4.84. The van der Waals surface area contributed by atoms with Gasteiger partial charge in [-0.3, -0.25) is 9.59 Å². The molecule has 0 unspecified atom stereocenters. The Hall–Kier alpha value is -2.44. The zero-order valence-electron chi connectivity index (χ0n) is 16.2. The van der Waals surface area contributed by atoms with Gasteiger partial charge < -0.3 is 9.80 Å². The van der Waals surface area contributed by atoms with Crippen LogP contribution < -0.4 is 0 Å². The Balaban J connectivity index is 1.93. The van der Waals surface area contributed by atoms with Gasteiger partial charge in [-0.2, -0.15) is 5.10 Å². The maximum absolute atomic E-state index is 12.7. The van der Waals surface area contributed by atoms with Crippen molar-refractivity contribution in [2.45, 2.75) is 39.5 Å². The molecular formula is C19H27N5O2. The van der Waals surface area contributed by atoms with Crippen LogP contribution in [0.1, 0.15) is 55.6 Å². The monoisotopic (exact) mass is 357 g/mol. The molecule has 1 aliphatic rings. The average Bonchev–Trinajstić information content (AvgIpc) is 3.03. The largest absolute Gasteiger partial charge is 0.345 e. The van der Waals surface area contributed by atoms with Gasteiger partial charge in [0.2, 0.25) is 5.91 Å². The summed E-state index contributed by atoms with van der Waals surface area (Å²) in [6, 6.07) is 1.94. The van der Waals surface area contributed by atoms with Crippen LogP contribution in [0.4, 0.5) is 0 Å². The molecule has 7 nitrogen and oxygen atoms in total. The van der Waals surface area contributed by atoms with Crippen LogP contribution in [0.3, 0.4) is 0 Å². The Morgan fingerprint density at radius 1 is 1.27 bits per heavy atom. The molecule has 0 saturated carbocycles. The van der Waals surface area contributed by atoms with Crippen molar-refractivity contribution in [2.75, 3.05) is 27.2 Å². The van der Waals surface area contributed by atoms with Gasteiger partial charge in [0.25, 0.3) is 5.91 Å². The fourth-order valence-electron chi connectivity index (χ4n) is 3.49. The summed E-state index contributed by atoms with van der Waals surface area (Å²) in [5.41, 5.74) is 1.68. The van der Waals surface area contributed by atoms with E-state index in [1.54, 1.807) is 31.0 Å². The Kier molecular flexibility index (Phi) is 4.73. The second kappa shape index (κ2) is 6.70. The second-order valence-corrected chi connectivity index (χ2v) is 8.20. The van der Waals surface area contributed by atoms with E-state index in [9.17, 15) is 9.59 Å². The number of fused-ring (bicyclic) bond motifs is 1. The molecular weight excluding hydrogens is 330 g/mol. The summed E-state index contributed by atoms with van der Waals surface area (Å²) in [7, 11) is 3.43. The molecule has 3 heterocycles. The Labute approximate surface area is 154 Å². The Morgan fingerprint density at radius 2 is 2.00 bits per heavy atom. The van der Waals surface area contributed by atoms with Crippen molar-refractivity contribution in [3.63, 3.8) is 0 Å². The highest BCUT2D eigenvalue weighted by atomic mass is 16.2. The molecule has 1 fully saturated rings. The van der Waals surface area contributed by atoms with E-state index in [-0.39, 0.29) is 23.1 Å². The lowest BCUT2D eigenvalue weighted by atomic mass is 9.90. The van der Waals surface area contributed by atoms with Gasteiger partial charge in [0.05, 0.1) is 11.9 Å². The predicted octanol–water partition coefficient (Wildman–Crippen LogP) is 2.18. The minimum Gasteiger partial charge on any atom is -0.345 e. The van der Waals surface area contributed by atoms with Gasteiger partial charge in [-0.05, 0) is 18.9 Å². The molecule has 2 aromatic rings. The molecule has 0 spiro atoms. The Bertz CT molecular complexity index is 834. The molecule has 2 aromatic heterocycles. The summed E-state index contributed by atoms with van der Waals surface area (Å²) in [6.07, 6.45) is 5.25. The first-order valence-corrected chi connectivity index (χ1v) is 9.04. The van der Waals surface area contributed by atoms with E-state index in [0.717, 1.165) is 25.1 Å². The van der Waals surface area contributed by atoms with E-state index >= 15 is 0 Å². The molecule has 0 radical (unpaired) electrons. The van der Waals surface area contributed by atoms with E-state index in [1.165, 1.54) is 4.90 Å². The molecule has 1 aliphatic heterocycles. The molecule has 2 amide bonds. The lowest BCUT2D eigenvalue weighted by Gasteiger charge is -2.36. The van der Waals surface area contributed by atoms with E-state index in [0.29, 0.717) is 17.8 Å². The van der Waals surface area contributed by atoms with Crippen LogP contribution in [0.2, 0.25) is 0 Å². The summed E-state index contributed by atoms with van der Waals surface area (Å²) in [6.45, 7) is 7.33. The number of likely N-dealkylation sites (tertiary alicyclic amines) is 1. The highest BCUT2D eigenvalue weighted by Crippen LogP contribution is 2.30. The summed E-state index contributed by atoms with van der Waals surface area (Å²) < 4.78 is 1.76. The molecule has 3 rings (SSSR count). The van der Waals surface area contributed by atoms with Crippen molar-refractivity contribution in [3.8, 4) is 0 Å². The van der Waals surface area contributed by atoms with Gasteiger partial charge in [0, 0.05) is 44.7 Å². The average molecular weight is 357 g/mol. The standard InChI is InChI=1S/C19H27N5O2/c1-19(2,3)18(26)23-10-6-7-13(12-23)15-8-9-20-16-14(11-21-24(15)16)17(25)22(4)5/h8-9,11,13H,6-7,10,12H2,1-5H3/t13-/m1/s1. The summed E-state index contributed by atoms with van der Waals surface area (Å²) in [5.74, 6) is 0.247. The first kappa shape index (κ1) is 18.4. The summed E-state index contributed by atoms with van der Waals surface area (Å²) in [4.78, 5) is 32.9. The molecule has 0 aromatic carbocycles. The minimum absolute atomic E-state index is 0.113. The smallest absolute Gasteiger partial charge is 0.258 e. The van der Waals surface area contributed by atoms with E-state index in [2.05, 4.69) is 10.1 Å². The number of hydrogen-bond donors (Lipinski definition) is 0. The van der Waals surface area contributed by atoms with Crippen molar-refractivity contribution in [1.29, 1.82) is 0 Å². The van der Waals surface area contributed by atoms with Gasteiger partial charge in [0.15, 0.2) is 5.65 Å². The number of carbonyl (C=O) groups is 2. The molecule has 0 aliphatic carbocycles.